The normalized spacial score (nSPS) is 11.3. The summed E-state index contributed by atoms with van der Waals surface area (Å²) >= 11 is 6.79. The van der Waals surface area contributed by atoms with Crippen LogP contribution in [0.2, 0.25) is 5.02 Å². The summed E-state index contributed by atoms with van der Waals surface area (Å²) < 4.78 is 46.6. The highest BCUT2D eigenvalue weighted by molar-refractivity contribution is 7.98. The number of halogens is 4. The summed E-state index contributed by atoms with van der Waals surface area (Å²) in [5, 5.41) is 17.8. The van der Waals surface area contributed by atoms with Gasteiger partial charge in [-0.2, -0.15) is 18.4 Å². The van der Waals surface area contributed by atoms with Crippen LogP contribution in [-0.2, 0) is 11.9 Å². The molecule has 160 valence electrons. The fraction of sp³-hybridized carbons (Fsp3) is 0.0909. The second kappa shape index (κ2) is 9.02. The number of nitrogens with zero attached hydrogens (tertiary/aromatic N) is 4. The van der Waals surface area contributed by atoms with Gasteiger partial charge in [-0.25, -0.2) is 4.98 Å². The topological polar surface area (TPSA) is 75.6 Å². The first-order valence-electron chi connectivity index (χ1n) is 9.14. The highest BCUT2D eigenvalue weighted by atomic mass is 35.5. The first-order valence-corrected chi connectivity index (χ1v) is 10.5. The molecule has 32 heavy (non-hydrogen) atoms. The number of rotatable bonds is 5. The van der Waals surface area contributed by atoms with E-state index in [0.717, 1.165) is 17.8 Å². The van der Waals surface area contributed by atoms with E-state index in [0.29, 0.717) is 16.1 Å². The lowest BCUT2D eigenvalue weighted by molar-refractivity contribution is -0.138. The molecule has 0 bridgehead atoms. The van der Waals surface area contributed by atoms with Gasteiger partial charge in [-0.15, -0.1) is 10.2 Å². The maximum atomic E-state index is 13.7. The van der Waals surface area contributed by atoms with Crippen molar-refractivity contribution in [3.05, 3.63) is 82.7 Å². The molecule has 0 aliphatic heterocycles. The minimum Gasteiger partial charge on any atom is -0.420 e. The molecule has 0 spiro atoms. The molecule has 0 unspecified atom stereocenters. The minimum absolute atomic E-state index is 0.0395. The van der Waals surface area contributed by atoms with Crippen molar-refractivity contribution in [3.63, 3.8) is 0 Å². The van der Waals surface area contributed by atoms with Gasteiger partial charge < -0.3 is 4.42 Å². The highest BCUT2D eigenvalue weighted by Crippen LogP contribution is 2.38. The Kier molecular flexibility index (Phi) is 6.17. The monoisotopic (exact) mass is 472 g/mol. The largest absolute Gasteiger partial charge is 0.420 e. The molecule has 0 fully saturated rings. The smallest absolute Gasteiger partial charge is 0.417 e. The van der Waals surface area contributed by atoms with Crippen molar-refractivity contribution in [2.75, 3.05) is 0 Å². The summed E-state index contributed by atoms with van der Waals surface area (Å²) in [5.41, 5.74) is -0.304. The van der Waals surface area contributed by atoms with Crippen LogP contribution in [0.4, 0.5) is 13.2 Å². The third kappa shape index (κ3) is 4.77. The van der Waals surface area contributed by atoms with E-state index in [9.17, 15) is 18.4 Å². The van der Waals surface area contributed by atoms with Crippen molar-refractivity contribution in [2.45, 2.75) is 17.0 Å². The number of nitriles is 1. The van der Waals surface area contributed by atoms with Crippen LogP contribution >= 0.6 is 23.4 Å². The van der Waals surface area contributed by atoms with Gasteiger partial charge >= 0.3 is 6.18 Å². The van der Waals surface area contributed by atoms with Crippen LogP contribution in [0.15, 0.2) is 70.1 Å². The van der Waals surface area contributed by atoms with Crippen molar-refractivity contribution >= 4 is 23.4 Å². The zero-order valence-corrected chi connectivity index (χ0v) is 17.7. The molecule has 0 N–H and O–H groups in total. The van der Waals surface area contributed by atoms with Crippen LogP contribution in [0.25, 0.3) is 22.7 Å². The molecule has 2 aromatic heterocycles. The Morgan fingerprint density at radius 1 is 1.00 bits per heavy atom. The average Bonchev–Trinajstić information content (AvgIpc) is 3.26. The van der Waals surface area contributed by atoms with Gasteiger partial charge in [0.25, 0.3) is 0 Å². The van der Waals surface area contributed by atoms with Gasteiger partial charge in [0.2, 0.25) is 11.8 Å². The molecule has 0 amide bonds. The van der Waals surface area contributed by atoms with Gasteiger partial charge in [0.15, 0.2) is 0 Å². The van der Waals surface area contributed by atoms with E-state index in [1.807, 2.05) is 0 Å². The molecule has 0 radical (unpaired) electrons. The fourth-order valence-electron chi connectivity index (χ4n) is 2.87. The standard InChI is InChI=1S/C22H12ClF3N4OS/c23-15-8-6-14(7-9-15)20-30-29-19(31-20)12-32-21-16(11-27)17(22(24,25)26)10-18(28-21)13-4-2-1-3-5-13/h1-10H,12H2. The Hall–Kier alpha value is -3.35. The molecule has 0 atom stereocenters. The van der Waals surface area contributed by atoms with Crippen LogP contribution in [0, 0.1) is 11.3 Å². The summed E-state index contributed by atoms with van der Waals surface area (Å²) in [7, 11) is 0. The number of pyridine rings is 1. The molecular weight excluding hydrogens is 461 g/mol. The quantitative estimate of drug-likeness (QED) is 0.303. The summed E-state index contributed by atoms with van der Waals surface area (Å²) in [4.78, 5) is 4.31. The van der Waals surface area contributed by atoms with Crippen LogP contribution < -0.4 is 0 Å². The Morgan fingerprint density at radius 3 is 2.38 bits per heavy atom. The lowest BCUT2D eigenvalue weighted by Crippen LogP contribution is -2.10. The summed E-state index contributed by atoms with van der Waals surface area (Å²) in [6.07, 6.45) is -4.71. The van der Waals surface area contributed by atoms with Gasteiger partial charge in [-0.3, -0.25) is 0 Å². The summed E-state index contributed by atoms with van der Waals surface area (Å²) in [6.45, 7) is 0. The van der Waals surface area contributed by atoms with E-state index in [4.69, 9.17) is 16.0 Å². The second-order valence-electron chi connectivity index (χ2n) is 6.51. The summed E-state index contributed by atoms with van der Waals surface area (Å²) in [6, 6.07) is 17.8. The Labute approximate surface area is 189 Å². The highest BCUT2D eigenvalue weighted by Gasteiger charge is 2.36. The Bertz CT molecular complexity index is 1290. The van der Waals surface area contributed by atoms with Crippen LogP contribution in [-0.4, -0.2) is 15.2 Å². The lowest BCUT2D eigenvalue weighted by atomic mass is 10.1. The SMILES string of the molecule is N#Cc1c(C(F)(F)F)cc(-c2ccccc2)nc1SCc1nnc(-c2ccc(Cl)cc2)o1. The second-order valence-corrected chi connectivity index (χ2v) is 7.91. The number of aromatic nitrogens is 3. The molecule has 0 aliphatic rings. The first-order chi connectivity index (χ1) is 15.3. The number of alkyl halides is 3. The molecule has 10 heteroatoms. The maximum Gasteiger partial charge on any atom is 0.417 e. The molecule has 2 aromatic carbocycles. The van der Waals surface area contributed by atoms with Crippen LogP contribution in [0.5, 0.6) is 0 Å². The van der Waals surface area contributed by atoms with E-state index >= 15 is 0 Å². The third-order valence-electron chi connectivity index (χ3n) is 4.36. The molecule has 5 nitrogen and oxygen atoms in total. The maximum absolute atomic E-state index is 13.7. The first kappa shape index (κ1) is 21.9. The van der Waals surface area contributed by atoms with Crippen LogP contribution in [0.3, 0.4) is 0 Å². The van der Waals surface area contributed by atoms with E-state index in [-0.39, 0.29) is 28.3 Å². The van der Waals surface area contributed by atoms with Gasteiger partial charge in [0.05, 0.1) is 22.6 Å². The number of thioether (sulfide) groups is 1. The predicted octanol–water partition coefficient (Wildman–Crippen LogP) is 6.63. The molecule has 0 saturated heterocycles. The van der Waals surface area contributed by atoms with Gasteiger partial charge in [-0.05, 0) is 30.3 Å². The predicted molar refractivity (Wildman–Crippen MR) is 114 cm³/mol. The number of benzene rings is 2. The Balaban J connectivity index is 1.66. The summed E-state index contributed by atoms with van der Waals surface area (Å²) in [5.74, 6) is 0.474. The zero-order chi connectivity index (χ0) is 22.7. The van der Waals surface area contributed by atoms with E-state index in [1.165, 1.54) is 0 Å². The van der Waals surface area contributed by atoms with Gasteiger partial charge in [0, 0.05) is 16.1 Å². The van der Waals surface area contributed by atoms with Crippen LogP contribution in [0.1, 0.15) is 17.0 Å². The third-order valence-corrected chi connectivity index (χ3v) is 5.58. The van der Waals surface area contributed by atoms with E-state index in [1.54, 1.807) is 60.7 Å². The fourth-order valence-corrected chi connectivity index (χ4v) is 3.83. The zero-order valence-electron chi connectivity index (χ0n) is 16.1. The van der Waals surface area contributed by atoms with Crippen molar-refractivity contribution in [3.8, 4) is 28.8 Å². The number of hydrogen-bond acceptors (Lipinski definition) is 6. The van der Waals surface area contributed by atoms with Crippen molar-refractivity contribution in [2.24, 2.45) is 0 Å². The van der Waals surface area contributed by atoms with E-state index in [2.05, 4.69) is 15.2 Å². The molecule has 4 rings (SSSR count). The molecule has 0 saturated carbocycles. The average molecular weight is 473 g/mol. The number of hydrogen-bond donors (Lipinski definition) is 0. The molecular formula is C22H12ClF3N4OS. The van der Waals surface area contributed by atoms with Crippen molar-refractivity contribution in [1.29, 1.82) is 5.26 Å². The van der Waals surface area contributed by atoms with Crippen molar-refractivity contribution in [1.82, 2.24) is 15.2 Å². The molecule has 2 heterocycles. The molecule has 0 aliphatic carbocycles. The van der Waals surface area contributed by atoms with Crippen molar-refractivity contribution < 1.29 is 17.6 Å². The molecule has 4 aromatic rings. The van der Waals surface area contributed by atoms with E-state index < -0.39 is 17.3 Å². The van der Waals surface area contributed by atoms with Gasteiger partial charge in [-0.1, -0.05) is 53.7 Å². The van der Waals surface area contributed by atoms with Gasteiger partial charge in [0.1, 0.15) is 11.1 Å². The Morgan fingerprint density at radius 2 is 1.72 bits per heavy atom. The lowest BCUT2D eigenvalue weighted by Gasteiger charge is -2.14. The minimum atomic E-state index is -4.71.